The third kappa shape index (κ3) is 6.35. The molecule has 1 atom stereocenters. The molecule has 0 saturated carbocycles. The van der Waals surface area contributed by atoms with Crippen LogP contribution < -0.4 is 10.6 Å². The average molecular weight is 284 g/mol. The molecule has 0 aliphatic rings. The molecule has 1 unspecified atom stereocenters. The molecule has 1 aromatic heterocycles. The van der Waals surface area contributed by atoms with Gasteiger partial charge >= 0.3 is 0 Å². The van der Waals surface area contributed by atoms with Gasteiger partial charge in [0, 0.05) is 25.6 Å². The molecule has 0 aliphatic carbocycles. The molecule has 0 fully saturated rings. The zero-order valence-corrected chi connectivity index (χ0v) is 11.8. The Morgan fingerprint density at radius 1 is 1.47 bits per heavy atom. The van der Waals surface area contributed by atoms with Gasteiger partial charge in [-0.25, -0.2) is 0 Å². The van der Waals surface area contributed by atoms with Crippen molar-refractivity contribution in [3.8, 4) is 0 Å². The minimum absolute atomic E-state index is 0.0155. The third-order valence-electron chi connectivity index (χ3n) is 2.58. The Morgan fingerprint density at radius 3 is 2.89 bits per heavy atom. The average Bonchev–Trinajstić information content (AvgIpc) is 2.88. The molecule has 2 amide bonds. The van der Waals surface area contributed by atoms with E-state index in [0.29, 0.717) is 30.7 Å². The van der Waals surface area contributed by atoms with E-state index in [1.165, 1.54) is 11.3 Å². The molecular weight excluding hydrogens is 264 g/mol. The fourth-order valence-corrected chi connectivity index (χ4v) is 2.20. The van der Waals surface area contributed by atoms with Crippen LogP contribution in [0.2, 0.25) is 0 Å². The van der Waals surface area contributed by atoms with Crippen LogP contribution in [0, 0.1) is 0 Å². The van der Waals surface area contributed by atoms with Crippen LogP contribution in [0.4, 0.5) is 0 Å². The number of carbonyl (C=O) groups excluding carboxylic acids is 2. The van der Waals surface area contributed by atoms with Gasteiger partial charge in [-0.05, 0) is 31.2 Å². The Labute approximate surface area is 117 Å². The van der Waals surface area contributed by atoms with Crippen molar-refractivity contribution >= 4 is 23.2 Å². The van der Waals surface area contributed by atoms with Crippen molar-refractivity contribution in [3.05, 3.63) is 22.4 Å². The number of amides is 2. The first-order valence-corrected chi connectivity index (χ1v) is 7.23. The number of hydrogen-bond donors (Lipinski definition) is 3. The van der Waals surface area contributed by atoms with Crippen LogP contribution >= 0.6 is 11.3 Å². The zero-order chi connectivity index (χ0) is 14.1. The summed E-state index contributed by atoms with van der Waals surface area (Å²) < 4.78 is 0. The Balaban J connectivity index is 2.10. The van der Waals surface area contributed by atoms with E-state index in [0.717, 1.165) is 0 Å². The summed E-state index contributed by atoms with van der Waals surface area (Å²) in [5.74, 6) is -0.143. The lowest BCUT2D eigenvalue weighted by Crippen LogP contribution is -2.33. The predicted molar refractivity (Wildman–Crippen MR) is 75.2 cm³/mol. The molecule has 1 rings (SSSR count). The minimum Gasteiger partial charge on any atom is -0.396 e. The Bertz CT molecular complexity index is 393. The number of aliphatic hydroxyl groups excluding tert-OH is 1. The van der Waals surface area contributed by atoms with E-state index in [2.05, 4.69) is 10.6 Å². The van der Waals surface area contributed by atoms with Crippen molar-refractivity contribution < 1.29 is 14.7 Å². The van der Waals surface area contributed by atoms with Gasteiger partial charge in [-0.1, -0.05) is 6.07 Å². The normalized spacial score (nSPS) is 11.9. The summed E-state index contributed by atoms with van der Waals surface area (Å²) >= 11 is 1.39. The topological polar surface area (TPSA) is 78.4 Å². The molecule has 3 N–H and O–H groups in total. The number of thiophene rings is 1. The summed E-state index contributed by atoms with van der Waals surface area (Å²) in [6, 6.07) is 3.58. The van der Waals surface area contributed by atoms with E-state index >= 15 is 0 Å². The van der Waals surface area contributed by atoms with E-state index in [1.54, 1.807) is 6.07 Å². The second-order valence-corrected chi connectivity index (χ2v) is 5.27. The standard InChI is InChI=1S/C13H20N2O3S/c1-10(6-8-16)15-12(17)5-2-7-14-13(18)11-4-3-9-19-11/h3-4,9-10,16H,2,5-8H2,1H3,(H,14,18)(H,15,17). The lowest BCUT2D eigenvalue weighted by atomic mass is 10.2. The van der Waals surface area contributed by atoms with Gasteiger partial charge in [0.2, 0.25) is 5.91 Å². The molecular formula is C13H20N2O3S. The molecule has 1 heterocycles. The quantitative estimate of drug-likeness (QED) is 0.627. The Hall–Kier alpha value is -1.40. The summed E-state index contributed by atoms with van der Waals surface area (Å²) in [6.07, 6.45) is 1.54. The monoisotopic (exact) mass is 284 g/mol. The van der Waals surface area contributed by atoms with Crippen molar-refractivity contribution in [1.82, 2.24) is 10.6 Å². The predicted octanol–water partition coefficient (Wildman–Crippen LogP) is 1.15. The van der Waals surface area contributed by atoms with E-state index in [-0.39, 0.29) is 24.5 Å². The maximum absolute atomic E-state index is 11.6. The second kappa shape index (κ2) is 8.66. The number of nitrogens with one attached hydrogen (secondary N) is 2. The molecule has 1 aromatic rings. The van der Waals surface area contributed by atoms with Gasteiger partial charge in [-0.2, -0.15) is 0 Å². The van der Waals surface area contributed by atoms with E-state index < -0.39 is 0 Å². The number of hydrogen-bond acceptors (Lipinski definition) is 4. The summed E-state index contributed by atoms with van der Waals surface area (Å²) in [5.41, 5.74) is 0. The molecule has 5 nitrogen and oxygen atoms in total. The lowest BCUT2D eigenvalue weighted by Gasteiger charge is -2.12. The molecule has 0 aliphatic heterocycles. The minimum atomic E-state index is -0.0935. The molecule has 0 aromatic carbocycles. The van der Waals surface area contributed by atoms with Crippen LogP contribution in [0.1, 0.15) is 35.9 Å². The van der Waals surface area contributed by atoms with Crippen molar-refractivity contribution in [2.45, 2.75) is 32.2 Å². The van der Waals surface area contributed by atoms with Gasteiger partial charge in [0.1, 0.15) is 0 Å². The highest BCUT2D eigenvalue weighted by molar-refractivity contribution is 7.12. The SMILES string of the molecule is CC(CCO)NC(=O)CCCNC(=O)c1cccs1. The first-order chi connectivity index (χ1) is 9.13. The van der Waals surface area contributed by atoms with E-state index in [1.807, 2.05) is 18.4 Å². The number of carbonyl (C=O) groups is 2. The first-order valence-electron chi connectivity index (χ1n) is 6.35. The molecule has 0 bridgehead atoms. The molecule has 0 saturated heterocycles. The highest BCUT2D eigenvalue weighted by Crippen LogP contribution is 2.07. The van der Waals surface area contributed by atoms with Crippen molar-refractivity contribution in [1.29, 1.82) is 0 Å². The van der Waals surface area contributed by atoms with Gasteiger partial charge in [-0.15, -0.1) is 11.3 Å². The van der Waals surface area contributed by atoms with Gasteiger partial charge in [0.25, 0.3) is 5.91 Å². The third-order valence-corrected chi connectivity index (χ3v) is 3.45. The summed E-state index contributed by atoms with van der Waals surface area (Å²) in [4.78, 5) is 23.8. The van der Waals surface area contributed by atoms with Gasteiger partial charge in [0.15, 0.2) is 0 Å². The van der Waals surface area contributed by atoms with Crippen molar-refractivity contribution in [3.63, 3.8) is 0 Å². The van der Waals surface area contributed by atoms with Crippen LogP contribution in [0.3, 0.4) is 0 Å². The fraction of sp³-hybridized carbons (Fsp3) is 0.538. The Morgan fingerprint density at radius 2 is 2.26 bits per heavy atom. The van der Waals surface area contributed by atoms with Crippen molar-refractivity contribution in [2.24, 2.45) is 0 Å². The molecule has 6 heteroatoms. The summed E-state index contributed by atoms with van der Waals surface area (Å²) in [6.45, 7) is 2.41. The lowest BCUT2D eigenvalue weighted by molar-refractivity contribution is -0.121. The number of aliphatic hydroxyl groups is 1. The van der Waals surface area contributed by atoms with Crippen LogP contribution in [0.15, 0.2) is 17.5 Å². The van der Waals surface area contributed by atoms with Crippen molar-refractivity contribution in [2.75, 3.05) is 13.2 Å². The van der Waals surface area contributed by atoms with Crippen LogP contribution in [0.25, 0.3) is 0 Å². The van der Waals surface area contributed by atoms with E-state index in [4.69, 9.17) is 5.11 Å². The molecule has 19 heavy (non-hydrogen) atoms. The highest BCUT2D eigenvalue weighted by Gasteiger charge is 2.08. The maximum Gasteiger partial charge on any atom is 0.261 e. The first kappa shape index (κ1) is 15.7. The smallest absolute Gasteiger partial charge is 0.261 e. The largest absolute Gasteiger partial charge is 0.396 e. The molecule has 0 spiro atoms. The molecule has 106 valence electrons. The van der Waals surface area contributed by atoms with Gasteiger partial charge in [-0.3, -0.25) is 9.59 Å². The van der Waals surface area contributed by atoms with Crippen LogP contribution in [0.5, 0.6) is 0 Å². The second-order valence-electron chi connectivity index (χ2n) is 4.32. The number of rotatable bonds is 8. The zero-order valence-electron chi connectivity index (χ0n) is 11.0. The van der Waals surface area contributed by atoms with Gasteiger partial charge < -0.3 is 15.7 Å². The maximum atomic E-state index is 11.6. The fourth-order valence-electron chi connectivity index (χ4n) is 1.56. The summed E-state index contributed by atoms with van der Waals surface area (Å²) in [7, 11) is 0. The highest BCUT2D eigenvalue weighted by atomic mass is 32.1. The Kier molecular flexibility index (Phi) is 7.14. The molecule has 0 radical (unpaired) electrons. The van der Waals surface area contributed by atoms with Crippen LogP contribution in [-0.4, -0.2) is 36.1 Å². The summed E-state index contributed by atoms with van der Waals surface area (Å²) in [5, 5.41) is 16.1. The van der Waals surface area contributed by atoms with E-state index in [9.17, 15) is 9.59 Å². The van der Waals surface area contributed by atoms with Gasteiger partial charge in [0.05, 0.1) is 4.88 Å². The van der Waals surface area contributed by atoms with Crippen LogP contribution in [-0.2, 0) is 4.79 Å².